The highest BCUT2D eigenvalue weighted by atomic mass is 31.2. The summed E-state index contributed by atoms with van der Waals surface area (Å²) in [5.74, 6) is -0.154. The highest BCUT2D eigenvalue weighted by molar-refractivity contribution is 7.45. The SMILES string of the molecule is CCCCCCCCCC/C=C\CCCCCCCCCCCCCCCCCCCCCC(=O)NC(COP(=O)([O-])OCC[N+](C)(C)C)C(O)CCCCCCCCCCCCCCCCCCCCCCCCCCCCCCCCCC. The van der Waals surface area contributed by atoms with Crippen LogP contribution in [0.1, 0.15) is 418 Å². The summed E-state index contributed by atoms with van der Waals surface area (Å²) in [5.41, 5.74) is 0. The molecule has 0 saturated heterocycles. The lowest BCUT2D eigenvalue weighted by Gasteiger charge is -2.30. The fourth-order valence-corrected chi connectivity index (χ4v) is 13.0. The Morgan fingerprint density at radius 3 is 0.918 bits per heavy atom. The molecule has 1 amide bonds. The number of phosphoric ester groups is 1. The lowest BCUT2D eigenvalue weighted by Crippen LogP contribution is -2.46. The van der Waals surface area contributed by atoms with Gasteiger partial charge in [-0.15, -0.1) is 0 Å². The van der Waals surface area contributed by atoms with Crippen molar-refractivity contribution in [3.05, 3.63) is 12.2 Å². The third kappa shape index (κ3) is 70.6. The minimum absolute atomic E-state index is 0.0160. The fraction of sp³-hybridized carbons (Fsp3) is 0.961. The third-order valence-corrected chi connectivity index (χ3v) is 19.2. The van der Waals surface area contributed by atoms with Gasteiger partial charge in [0.25, 0.3) is 7.82 Å². The largest absolute Gasteiger partial charge is 0.756 e. The molecule has 0 saturated carbocycles. The molecular weight excluding hydrogens is 1070 g/mol. The van der Waals surface area contributed by atoms with Crippen LogP contribution in [0.25, 0.3) is 0 Å². The van der Waals surface area contributed by atoms with Gasteiger partial charge in [0.05, 0.1) is 39.9 Å². The summed E-state index contributed by atoms with van der Waals surface area (Å²) in [7, 11) is 1.33. The molecule has 508 valence electrons. The molecule has 0 rings (SSSR count). The molecule has 0 spiro atoms. The van der Waals surface area contributed by atoms with Crippen LogP contribution in [0.5, 0.6) is 0 Å². The topological polar surface area (TPSA) is 108 Å². The van der Waals surface area contributed by atoms with Crippen LogP contribution in [0.4, 0.5) is 0 Å². The smallest absolute Gasteiger partial charge is 0.268 e. The minimum atomic E-state index is -4.58. The Morgan fingerprint density at radius 1 is 0.400 bits per heavy atom. The van der Waals surface area contributed by atoms with Crippen LogP contribution < -0.4 is 10.2 Å². The van der Waals surface area contributed by atoms with Crippen LogP contribution in [0.3, 0.4) is 0 Å². The zero-order valence-electron chi connectivity index (χ0n) is 58.4. The number of amides is 1. The van der Waals surface area contributed by atoms with Crippen LogP contribution in [-0.2, 0) is 18.4 Å². The van der Waals surface area contributed by atoms with Crippen LogP contribution >= 0.6 is 7.82 Å². The zero-order chi connectivity index (χ0) is 61.9. The summed E-state index contributed by atoms with van der Waals surface area (Å²) in [6.07, 6.45) is 87.5. The van der Waals surface area contributed by atoms with E-state index in [4.69, 9.17) is 9.05 Å². The molecule has 0 aromatic carbocycles. The monoisotopic (exact) mass is 1220 g/mol. The number of unbranched alkanes of at least 4 members (excludes halogenated alkanes) is 58. The van der Waals surface area contributed by atoms with Crippen LogP contribution in [0.2, 0.25) is 0 Å². The first-order valence-electron chi connectivity index (χ1n) is 38.5. The number of nitrogens with one attached hydrogen (secondary N) is 1. The first-order chi connectivity index (χ1) is 41.5. The summed E-state index contributed by atoms with van der Waals surface area (Å²) in [4.78, 5) is 25.7. The van der Waals surface area contributed by atoms with Crippen molar-refractivity contribution in [3.8, 4) is 0 Å². The predicted octanol–water partition coefficient (Wildman–Crippen LogP) is 24.2. The van der Waals surface area contributed by atoms with Gasteiger partial charge in [-0.25, -0.2) is 0 Å². The molecule has 3 unspecified atom stereocenters. The number of aliphatic hydroxyl groups excluding tert-OH is 1. The van der Waals surface area contributed by atoms with Crippen molar-refractivity contribution >= 4 is 13.7 Å². The molecule has 0 aliphatic heterocycles. The zero-order valence-corrected chi connectivity index (χ0v) is 59.3. The van der Waals surface area contributed by atoms with E-state index in [1.54, 1.807) is 0 Å². The molecule has 0 fully saturated rings. The normalized spacial score (nSPS) is 13.5. The van der Waals surface area contributed by atoms with E-state index in [1.807, 2.05) is 21.1 Å². The molecule has 0 aromatic heterocycles. The van der Waals surface area contributed by atoms with Gasteiger partial charge in [0, 0.05) is 6.42 Å². The van der Waals surface area contributed by atoms with Crippen LogP contribution in [0, 0.1) is 0 Å². The average Bonchev–Trinajstić information content (AvgIpc) is 3.49. The van der Waals surface area contributed by atoms with E-state index in [-0.39, 0.29) is 19.1 Å². The van der Waals surface area contributed by atoms with Gasteiger partial charge < -0.3 is 28.8 Å². The number of carbonyl (C=O) groups is 1. The quantitative estimate of drug-likeness (QED) is 0.0272. The molecule has 3 atom stereocenters. The molecule has 8 nitrogen and oxygen atoms in total. The van der Waals surface area contributed by atoms with Crippen molar-refractivity contribution in [2.45, 2.75) is 431 Å². The number of likely N-dealkylation sites (N-methyl/N-ethyl adjacent to an activating group) is 1. The Bertz CT molecular complexity index is 1390. The van der Waals surface area contributed by atoms with Crippen LogP contribution in [0.15, 0.2) is 12.2 Å². The lowest BCUT2D eigenvalue weighted by molar-refractivity contribution is -0.870. The van der Waals surface area contributed by atoms with Crippen molar-refractivity contribution < 1.29 is 32.9 Å². The van der Waals surface area contributed by atoms with Gasteiger partial charge in [-0.3, -0.25) is 9.36 Å². The van der Waals surface area contributed by atoms with Gasteiger partial charge in [-0.2, -0.15) is 0 Å². The molecular formula is C76H153N2O6P. The Labute approximate surface area is 532 Å². The fourth-order valence-electron chi connectivity index (χ4n) is 12.3. The Balaban J connectivity index is 3.93. The standard InChI is InChI=1S/C76H153N2O6P/c1-6-8-10-12-14-16-18-20-22-24-26-28-30-32-34-36-38-40-41-43-45-47-49-51-53-55-57-59-61-63-65-67-69-75(79)74(73-84-85(81,82)83-72-71-78(3,4)5)77-76(80)70-68-66-64-62-60-58-56-54-52-50-48-46-44-42-39-37-35-33-31-29-27-25-23-21-19-17-15-13-11-9-7-2/h25,27,74-75,79H,6-24,26,28-73H2,1-5H3,(H-,77,80,81,82)/b27-25-. The summed E-state index contributed by atoms with van der Waals surface area (Å²) >= 11 is 0. The summed E-state index contributed by atoms with van der Waals surface area (Å²) in [6.45, 7) is 4.80. The van der Waals surface area contributed by atoms with Gasteiger partial charge in [-0.1, -0.05) is 386 Å². The van der Waals surface area contributed by atoms with Gasteiger partial charge in [0.2, 0.25) is 5.91 Å². The summed E-state index contributed by atoms with van der Waals surface area (Å²) in [6, 6.07) is -0.799. The number of phosphoric acid groups is 1. The molecule has 0 bridgehead atoms. The first kappa shape index (κ1) is 84.2. The van der Waals surface area contributed by atoms with Crippen LogP contribution in [-0.4, -0.2) is 68.5 Å². The van der Waals surface area contributed by atoms with Gasteiger partial charge in [-0.05, 0) is 38.5 Å². The number of hydrogen-bond donors (Lipinski definition) is 2. The second-order valence-corrected chi connectivity index (χ2v) is 29.5. The lowest BCUT2D eigenvalue weighted by atomic mass is 10.0. The molecule has 9 heteroatoms. The maximum atomic E-state index is 13.1. The number of hydrogen-bond acceptors (Lipinski definition) is 6. The van der Waals surface area contributed by atoms with Crippen molar-refractivity contribution in [2.24, 2.45) is 0 Å². The molecule has 2 N–H and O–H groups in total. The van der Waals surface area contributed by atoms with E-state index in [2.05, 4.69) is 31.3 Å². The average molecular weight is 1220 g/mol. The van der Waals surface area contributed by atoms with Crippen molar-refractivity contribution in [1.82, 2.24) is 5.32 Å². The van der Waals surface area contributed by atoms with Crippen molar-refractivity contribution in [1.29, 1.82) is 0 Å². The maximum absolute atomic E-state index is 13.1. The highest BCUT2D eigenvalue weighted by Crippen LogP contribution is 2.38. The van der Waals surface area contributed by atoms with Crippen molar-refractivity contribution in [3.63, 3.8) is 0 Å². The number of aliphatic hydroxyl groups is 1. The third-order valence-electron chi connectivity index (χ3n) is 18.3. The highest BCUT2D eigenvalue weighted by Gasteiger charge is 2.24. The summed E-state index contributed by atoms with van der Waals surface area (Å²) in [5, 5.41) is 14.1. The second kappa shape index (κ2) is 67.6. The molecule has 0 radical (unpaired) electrons. The number of allylic oxidation sites excluding steroid dienone is 2. The maximum Gasteiger partial charge on any atom is 0.268 e. The van der Waals surface area contributed by atoms with E-state index in [9.17, 15) is 19.4 Å². The Hall–Kier alpha value is -0.760. The molecule has 0 aromatic rings. The van der Waals surface area contributed by atoms with Gasteiger partial charge in [0.1, 0.15) is 13.2 Å². The predicted molar refractivity (Wildman–Crippen MR) is 372 cm³/mol. The molecule has 0 aliphatic rings. The van der Waals surface area contributed by atoms with E-state index >= 15 is 0 Å². The number of rotatable bonds is 73. The molecule has 85 heavy (non-hydrogen) atoms. The van der Waals surface area contributed by atoms with E-state index in [0.717, 1.165) is 38.5 Å². The van der Waals surface area contributed by atoms with E-state index < -0.39 is 20.0 Å². The summed E-state index contributed by atoms with van der Waals surface area (Å²) < 4.78 is 23.6. The van der Waals surface area contributed by atoms with Gasteiger partial charge in [0.15, 0.2) is 0 Å². The number of carbonyl (C=O) groups excluding carboxylic acids is 1. The second-order valence-electron chi connectivity index (χ2n) is 28.1. The van der Waals surface area contributed by atoms with E-state index in [0.29, 0.717) is 23.9 Å². The Kier molecular flexibility index (Phi) is 67.0. The van der Waals surface area contributed by atoms with E-state index in [1.165, 1.54) is 353 Å². The number of nitrogens with zero attached hydrogens (tertiary/aromatic N) is 1. The van der Waals surface area contributed by atoms with Crippen molar-refractivity contribution in [2.75, 3.05) is 40.9 Å². The Morgan fingerprint density at radius 2 is 0.647 bits per heavy atom. The molecule has 0 heterocycles. The minimum Gasteiger partial charge on any atom is -0.756 e. The number of quaternary nitrogens is 1. The van der Waals surface area contributed by atoms with Gasteiger partial charge >= 0.3 is 0 Å². The first-order valence-corrected chi connectivity index (χ1v) is 40.0. The molecule has 0 aliphatic carbocycles.